The highest BCUT2D eigenvalue weighted by Gasteiger charge is 2.22. The number of piperazine rings is 1. The van der Waals surface area contributed by atoms with Gasteiger partial charge in [0.2, 0.25) is 0 Å². The number of morpholine rings is 1. The van der Waals surface area contributed by atoms with Crippen molar-refractivity contribution in [2.24, 2.45) is 10.7 Å². The van der Waals surface area contributed by atoms with Crippen LogP contribution in [0.1, 0.15) is 0 Å². The second-order valence-corrected chi connectivity index (χ2v) is 5.19. The highest BCUT2D eigenvalue weighted by atomic mass is 16.5. The molecular weight excluding hydrogens is 230 g/mol. The van der Waals surface area contributed by atoms with E-state index in [4.69, 9.17) is 10.5 Å². The third kappa shape index (κ3) is 3.57. The van der Waals surface area contributed by atoms with Gasteiger partial charge < -0.3 is 20.3 Å². The van der Waals surface area contributed by atoms with Gasteiger partial charge in [0.15, 0.2) is 5.96 Å². The van der Waals surface area contributed by atoms with Crippen LogP contribution in [0, 0.1) is 0 Å². The first-order valence-corrected chi connectivity index (χ1v) is 6.68. The quantitative estimate of drug-likeness (QED) is 0.500. The molecule has 2 fully saturated rings. The van der Waals surface area contributed by atoms with Crippen LogP contribution in [0.15, 0.2) is 4.99 Å². The molecule has 0 aromatic heterocycles. The molecule has 0 aromatic carbocycles. The number of guanidine groups is 1. The molecular formula is C12H25N5O. The van der Waals surface area contributed by atoms with E-state index < -0.39 is 0 Å². The molecule has 0 radical (unpaired) electrons. The summed E-state index contributed by atoms with van der Waals surface area (Å²) < 4.78 is 5.31. The van der Waals surface area contributed by atoms with Crippen molar-refractivity contribution >= 4 is 5.96 Å². The number of ether oxygens (including phenoxy) is 1. The Labute approximate surface area is 109 Å². The second-order valence-electron chi connectivity index (χ2n) is 5.19. The van der Waals surface area contributed by atoms with E-state index in [0.717, 1.165) is 52.5 Å². The van der Waals surface area contributed by atoms with Crippen molar-refractivity contribution in [3.8, 4) is 0 Å². The number of aliphatic imine (C=N–C) groups is 1. The summed E-state index contributed by atoms with van der Waals surface area (Å²) in [5, 5.41) is 0. The normalized spacial score (nSPS) is 28.7. The summed E-state index contributed by atoms with van der Waals surface area (Å²) in [5.41, 5.74) is 6.03. The molecule has 1 atom stereocenters. The average Bonchev–Trinajstić information content (AvgIpc) is 2.40. The lowest BCUT2D eigenvalue weighted by atomic mass is 10.2. The van der Waals surface area contributed by atoms with E-state index in [9.17, 15) is 0 Å². The molecule has 1 unspecified atom stereocenters. The fraction of sp³-hybridized carbons (Fsp3) is 0.917. The summed E-state index contributed by atoms with van der Waals surface area (Å²) in [4.78, 5) is 11.4. The summed E-state index contributed by atoms with van der Waals surface area (Å²) in [6.45, 7) is 7.31. The first-order valence-electron chi connectivity index (χ1n) is 6.68. The lowest BCUT2D eigenvalue weighted by Crippen LogP contribution is -2.52. The summed E-state index contributed by atoms with van der Waals surface area (Å²) in [5.74, 6) is 0.667. The third-order valence-electron chi connectivity index (χ3n) is 3.78. The Morgan fingerprint density at radius 3 is 2.67 bits per heavy atom. The number of hydrogen-bond donors (Lipinski definition) is 1. The standard InChI is InChI=1S/C12H25N5O/c1-15-3-4-16(2)11(10-15)9-14-12(13)17-5-7-18-8-6-17/h11H,3-10H2,1-2H3,(H2,13,14). The van der Waals surface area contributed by atoms with Crippen molar-refractivity contribution in [3.63, 3.8) is 0 Å². The zero-order valence-electron chi connectivity index (χ0n) is 11.5. The van der Waals surface area contributed by atoms with Gasteiger partial charge in [-0.05, 0) is 14.1 Å². The predicted octanol–water partition coefficient (Wildman–Crippen LogP) is -1.12. The van der Waals surface area contributed by atoms with Gasteiger partial charge in [0.25, 0.3) is 0 Å². The SMILES string of the molecule is CN1CCN(C)C(CN=C(N)N2CCOCC2)C1. The van der Waals surface area contributed by atoms with E-state index in [1.807, 2.05) is 0 Å². The summed E-state index contributed by atoms with van der Waals surface area (Å²) in [7, 11) is 4.33. The van der Waals surface area contributed by atoms with E-state index in [2.05, 4.69) is 33.8 Å². The molecule has 2 saturated heterocycles. The maximum atomic E-state index is 6.03. The summed E-state index contributed by atoms with van der Waals surface area (Å²) >= 11 is 0. The van der Waals surface area contributed by atoms with Crippen molar-refractivity contribution in [3.05, 3.63) is 0 Å². The van der Waals surface area contributed by atoms with Gasteiger partial charge in [0.05, 0.1) is 19.8 Å². The Morgan fingerprint density at radius 2 is 1.94 bits per heavy atom. The van der Waals surface area contributed by atoms with Crippen LogP contribution < -0.4 is 5.73 Å². The number of likely N-dealkylation sites (N-methyl/N-ethyl adjacent to an activating group) is 2. The summed E-state index contributed by atoms with van der Waals surface area (Å²) in [6, 6.07) is 0.475. The molecule has 0 amide bonds. The molecule has 2 aliphatic heterocycles. The average molecular weight is 255 g/mol. The molecule has 6 heteroatoms. The van der Waals surface area contributed by atoms with Crippen molar-refractivity contribution in [1.82, 2.24) is 14.7 Å². The lowest BCUT2D eigenvalue weighted by molar-refractivity contribution is 0.0671. The van der Waals surface area contributed by atoms with E-state index >= 15 is 0 Å². The van der Waals surface area contributed by atoms with Crippen molar-refractivity contribution in [2.45, 2.75) is 6.04 Å². The Balaban J connectivity index is 1.84. The number of hydrogen-bond acceptors (Lipinski definition) is 4. The van der Waals surface area contributed by atoms with Crippen LogP contribution in [0.3, 0.4) is 0 Å². The molecule has 2 aliphatic rings. The second kappa shape index (κ2) is 6.36. The molecule has 0 spiro atoms. The van der Waals surface area contributed by atoms with Gasteiger partial charge in [-0.15, -0.1) is 0 Å². The van der Waals surface area contributed by atoms with Gasteiger partial charge in [-0.1, -0.05) is 0 Å². The predicted molar refractivity (Wildman–Crippen MR) is 72.8 cm³/mol. The molecule has 104 valence electrons. The highest BCUT2D eigenvalue weighted by Crippen LogP contribution is 2.06. The Kier molecular flexibility index (Phi) is 4.79. The first kappa shape index (κ1) is 13.6. The van der Waals surface area contributed by atoms with Gasteiger partial charge in [-0.2, -0.15) is 0 Å². The molecule has 0 aliphatic carbocycles. The van der Waals surface area contributed by atoms with E-state index in [1.54, 1.807) is 0 Å². The molecule has 2 N–H and O–H groups in total. The molecule has 6 nitrogen and oxygen atoms in total. The fourth-order valence-corrected chi connectivity index (χ4v) is 2.39. The Morgan fingerprint density at radius 1 is 1.22 bits per heavy atom. The molecule has 0 saturated carbocycles. The van der Waals surface area contributed by atoms with Gasteiger partial charge in [-0.25, -0.2) is 0 Å². The summed E-state index contributed by atoms with van der Waals surface area (Å²) in [6.07, 6.45) is 0. The molecule has 2 heterocycles. The van der Waals surface area contributed by atoms with Gasteiger partial charge >= 0.3 is 0 Å². The highest BCUT2D eigenvalue weighted by molar-refractivity contribution is 5.78. The van der Waals surface area contributed by atoms with E-state index in [0.29, 0.717) is 12.0 Å². The minimum absolute atomic E-state index is 0.475. The smallest absolute Gasteiger partial charge is 0.191 e. The van der Waals surface area contributed by atoms with Crippen LogP contribution in [0.5, 0.6) is 0 Å². The molecule has 0 bridgehead atoms. The minimum atomic E-state index is 0.475. The fourth-order valence-electron chi connectivity index (χ4n) is 2.39. The molecule has 0 aromatic rings. The zero-order chi connectivity index (χ0) is 13.0. The van der Waals surface area contributed by atoms with E-state index in [1.165, 1.54) is 0 Å². The topological polar surface area (TPSA) is 57.3 Å². The van der Waals surface area contributed by atoms with Crippen LogP contribution in [-0.2, 0) is 4.74 Å². The van der Waals surface area contributed by atoms with Crippen LogP contribution >= 0.6 is 0 Å². The number of nitrogens with two attached hydrogens (primary N) is 1. The van der Waals surface area contributed by atoms with Crippen molar-refractivity contribution in [1.29, 1.82) is 0 Å². The number of rotatable bonds is 2. The zero-order valence-corrected chi connectivity index (χ0v) is 11.5. The van der Waals surface area contributed by atoms with Crippen molar-refractivity contribution in [2.75, 3.05) is 66.6 Å². The van der Waals surface area contributed by atoms with Gasteiger partial charge in [0.1, 0.15) is 0 Å². The largest absolute Gasteiger partial charge is 0.378 e. The number of nitrogens with zero attached hydrogens (tertiary/aromatic N) is 4. The lowest BCUT2D eigenvalue weighted by Gasteiger charge is -2.37. The van der Waals surface area contributed by atoms with Gasteiger partial charge in [0, 0.05) is 38.8 Å². The molecule has 18 heavy (non-hydrogen) atoms. The van der Waals surface area contributed by atoms with Crippen LogP contribution in [0.25, 0.3) is 0 Å². The third-order valence-corrected chi connectivity index (χ3v) is 3.78. The first-order chi connectivity index (χ1) is 8.66. The van der Waals surface area contributed by atoms with Crippen LogP contribution in [-0.4, -0.2) is 93.3 Å². The maximum absolute atomic E-state index is 6.03. The monoisotopic (exact) mass is 255 g/mol. The minimum Gasteiger partial charge on any atom is -0.378 e. The maximum Gasteiger partial charge on any atom is 0.191 e. The van der Waals surface area contributed by atoms with Crippen LogP contribution in [0.4, 0.5) is 0 Å². The van der Waals surface area contributed by atoms with Crippen LogP contribution in [0.2, 0.25) is 0 Å². The van der Waals surface area contributed by atoms with Gasteiger partial charge in [-0.3, -0.25) is 9.89 Å². The Bertz CT molecular complexity index is 290. The van der Waals surface area contributed by atoms with Crippen molar-refractivity contribution < 1.29 is 4.74 Å². The van der Waals surface area contributed by atoms with E-state index in [-0.39, 0.29) is 0 Å². The molecule has 2 rings (SSSR count). The Hall–Kier alpha value is -0.850.